The Bertz CT molecular complexity index is 1340. The number of anilines is 1. The summed E-state index contributed by atoms with van der Waals surface area (Å²) < 4.78 is 15.8. The molecule has 0 saturated carbocycles. The van der Waals surface area contributed by atoms with E-state index in [1.54, 1.807) is 36.1 Å². The average molecular weight is 588 g/mol. The highest BCUT2D eigenvalue weighted by Gasteiger charge is 2.36. The third kappa shape index (κ3) is 7.40. The predicted octanol–water partition coefficient (Wildman–Crippen LogP) is 3.43. The van der Waals surface area contributed by atoms with E-state index in [1.165, 1.54) is 24.3 Å². The summed E-state index contributed by atoms with van der Waals surface area (Å²) in [5.74, 6) is -1.52. The van der Waals surface area contributed by atoms with Crippen molar-refractivity contribution >= 4 is 64.1 Å². The molecule has 4 rings (SSSR count). The summed E-state index contributed by atoms with van der Waals surface area (Å²) in [5.41, 5.74) is 0.971. The molecule has 2 aliphatic heterocycles. The number of amides is 4. The zero-order valence-electron chi connectivity index (χ0n) is 21.5. The van der Waals surface area contributed by atoms with E-state index < -0.39 is 29.6 Å². The Labute approximate surface area is 239 Å². The van der Waals surface area contributed by atoms with Crippen molar-refractivity contribution in [1.29, 1.82) is 0 Å². The minimum Gasteiger partial charge on any atom is -0.484 e. The van der Waals surface area contributed by atoms with Gasteiger partial charge in [0.1, 0.15) is 12.3 Å². The van der Waals surface area contributed by atoms with E-state index in [0.717, 1.165) is 16.7 Å². The minimum absolute atomic E-state index is 0.0792. The summed E-state index contributed by atoms with van der Waals surface area (Å²) in [6, 6.07) is 11.0. The van der Waals surface area contributed by atoms with Gasteiger partial charge in [0.25, 0.3) is 17.1 Å². The second-order valence-electron chi connectivity index (χ2n) is 8.58. The van der Waals surface area contributed by atoms with Crippen LogP contribution in [0.25, 0.3) is 6.08 Å². The SMILES string of the molecule is CCOC(=O)c1cc(NC(=O)CN2C(=O)S/C(=C/c3ccc(OCC(=O)N4CCOCC4)cc3)C2=O)ccc1Cl. The molecule has 11 nitrogen and oxygen atoms in total. The highest BCUT2D eigenvalue weighted by Crippen LogP contribution is 2.32. The summed E-state index contributed by atoms with van der Waals surface area (Å²) in [7, 11) is 0. The largest absolute Gasteiger partial charge is 0.484 e. The molecular formula is C27H26ClN3O8S. The molecule has 2 aromatic rings. The first kappa shape index (κ1) is 29.1. The van der Waals surface area contributed by atoms with Crippen LogP contribution in [-0.4, -0.2) is 84.8 Å². The van der Waals surface area contributed by atoms with E-state index >= 15 is 0 Å². The normalized spacial score (nSPS) is 16.3. The van der Waals surface area contributed by atoms with E-state index in [4.69, 9.17) is 25.8 Å². The van der Waals surface area contributed by atoms with Crippen molar-refractivity contribution in [2.24, 2.45) is 0 Å². The first-order valence-electron chi connectivity index (χ1n) is 12.4. The maximum atomic E-state index is 12.8. The highest BCUT2D eigenvalue weighted by molar-refractivity contribution is 8.18. The molecule has 0 spiro atoms. The lowest BCUT2D eigenvalue weighted by Gasteiger charge is -2.26. The molecule has 1 N–H and O–H groups in total. The second-order valence-corrected chi connectivity index (χ2v) is 9.98. The molecule has 0 aromatic heterocycles. The first-order chi connectivity index (χ1) is 19.2. The number of benzene rings is 2. The molecule has 0 radical (unpaired) electrons. The minimum atomic E-state index is -0.638. The van der Waals surface area contributed by atoms with Gasteiger partial charge >= 0.3 is 5.97 Å². The lowest BCUT2D eigenvalue weighted by atomic mass is 10.2. The smallest absolute Gasteiger partial charge is 0.339 e. The second kappa shape index (κ2) is 13.5. The van der Waals surface area contributed by atoms with Crippen LogP contribution in [0.1, 0.15) is 22.8 Å². The number of esters is 1. The molecule has 2 aromatic carbocycles. The van der Waals surface area contributed by atoms with E-state index in [-0.39, 0.29) is 40.3 Å². The van der Waals surface area contributed by atoms with Gasteiger partial charge in [-0.2, -0.15) is 0 Å². The number of nitrogens with zero attached hydrogens (tertiary/aromatic N) is 2. The standard InChI is InChI=1S/C27H26ClN3O8S/c1-2-38-26(35)20-14-18(5-8-21(20)28)29-23(32)15-31-25(34)22(40-27(31)36)13-17-3-6-19(7-4-17)39-16-24(33)30-9-11-37-12-10-30/h3-8,13-14H,2,9-12,15-16H2,1H3,(H,29,32)/b22-13+. The quantitative estimate of drug-likeness (QED) is 0.346. The van der Waals surface area contributed by atoms with Gasteiger partial charge in [-0.1, -0.05) is 23.7 Å². The van der Waals surface area contributed by atoms with Crippen LogP contribution in [0.5, 0.6) is 5.75 Å². The monoisotopic (exact) mass is 587 g/mol. The van der Waals surface area contributed by atoms with Crippen molar-refractivity contribution in [1.82, 2.24) is 9.80 Å². The van der Waals surface area contributed by atoms with E-state index in [0.29, 0.717) is 37.6 Å². The van der Waals surface area contributed by atoms with Crippen molar-refractivity contribution in [3.63, 3.8) is 0 Å². The zero-order chi connectivity index (χ0) is 28.6. The zero-order valence-corrected chi connectivity index (χ0v) is 23.1. The van der Waals surface area contributed by atoms with Crippen molar-refractivity contribution < 1.29 is 38.2 Å². The summed E-state index contributed by atoms with van der Waals surface area (Å²) in [6.45, 7) is 3.30. The fourth-order valence-corrected chi connectivity index (χ4v) is 4.84. The van der Waals surface area contributed by atoms with Gasteiger partial charge in [0.2, 0.25) is 5.91 Å². The molecule has 2 heterocycles. The molecule has 0 atom stereocenters. The maximum absolute atomic E-state index is 12.8. The molecule has 2 saturated heterocycles. The third-order valence-corrected chi connectivity index (χ3v) is 7.06. The summed E-state index contributed by atoms with van der Waals surface area (Å²) >= 11 is 6.76. The molecule has 0 aliphatic carbocycles. The van der Waals surface area contributed by atoms with Gasteiger partial charge in [-0.05, 0) is 60.7 Å². The van der Waals surface area contributed by atoms with Gasteiger partial charge in [-0.3, -0.25) is 24.1 Å². The highest BCUT2D eigenvalue weighted by atomic mass is 35.5. The summed E-state index contributed by atoms with van der Waals surface area (Å²) in [4.78, 5) is 64.8. The maximum Gasteiger partial charge on any atom is 0.339 e. The van der Waals surface area contributed by atoms with Crippen molar-refractivity contribution in [3.8, 4) is 5.75 Å². The fourth-order valence-electron chi connectivity index (χ4n) is 3.81. The number of nitrogens with one attached hydrogen (secondary N) is 1. The predicted molar refractivity (Wildman–Crippen MR) is 148 cm³/mol. The summed E-state index contributed by atoms with van der Waals surface area (Å²) in [5, 5.41) is 2.13. The van der Waals surface area contributed by atoms with Gasteiger partial charge in [-0.15, -0.1) is 0 Å². The Morgan fingerprint density at radius 3 is 2.52 bits per heavy atom. The number of ether oxygens (including phenoxy) is 3. The molecule has 40 heavy (non-hydrogen) atoms. The Hall–Kier alpha value is -3.87. The van der Waals surface area contributed by atoms with Crippen LogP contribution >= 0.6 is 23.4 Å². The van der Waals surface area contributed by atoms with Gasteiger partial charge in [0, 0.05) is 18.8 Å². The molecule has 0 unspecified atom stereocenters. The van der Waals surface area contributed by atoms with Crippen molar-refractivity contribution in [2.45, 2.75) is 6.92 Å². The van der Waals surface area contributed by atoms with Gasteiger partial charge in [0.05, 0.1) is 35.3 Å². The topological polar surface area (TPSA) is 132 Å². The molecule has 4 amide bonds. The van der Waals surface area contributed by atoms with Crippen LogP contribution in [0.3, 0.4) is 0 Å². The van der Waals surface area contributed by atoms with Gasteiger partial charge in [-0.25, -0.2) is 4.79 Å². The molecule has 2 aliphatic rings. The number of rotatable bonds is 9. The van der Waals surface area contributed by atoms with Crippen LogP contribution in [0.2, 0.25) is 5.02 Å². The number of carbonyl (C=O) groups is 5. The number of morpholine rings is 1. The van der Waals surface area contributed by atoms with Crippen LogP contribution in [0.15, 0.2) is 47.4 Å². The fraction of sp³-hybridized carbons (Fsp3) is 0.296. The third-order valence-electron chi connectivity index (χ3n) is 5.82. The molecule has 13 heteroatoms. The number of carbonyl (C=O) groups excluding carboxylic acids is 5. The molecule has 0 bridgehead atoms. The number of imide groups is 1. The Balaban J connectivity index is 1.32. The van der Waals surface area contributed by atoms with E-state index in [2.05, 4.69) is 5.32 Å². The lowest BCUT2D eigenvalue weighted by Crippen LogP contribution is -2.42. The number of hydrogen-bond donors (Lipinski definition) is 1. The Kier molecular flexibility index (Phi) is 9.80. The number of thioether (sulfide) groups is 1. The average Bonchev–Trinajstić information content (AvgIpc) is 3.21. The number of hydrogen-bond acceptors (Lipinski definition) is 9. The van der Waals surface area contributed by atoms with E-state index in [1.807, 2.05) is 0 Å². The molecule has 210 valence electrons. The lowest BCUT2D eigenvalue weighted by molar-refractivity contribution is -0.137. The van der Waals surface area contributed by atoms with Crippen LogP contribution in [0, 0.1) is 0 Å². The van der Waals surface area contributed by atoms with Crippen molar-refractivity contribution in [2.75, 3.05) is 51.4 Å². The van der Waals surface area contributed by atoms with Crippen molar-refractivity contribution in [3.05, 3.63) is 63.5 Å². The van der Waals surface area contributed by atoms with Crippen LogP contribution < -0.4 is 10.1 Å². The van der Waals surface area contributed by atoms with Gasteiger partial charge < -0.3 is 24.4 Å². The summed E-state index contributed by atoms with van der Waals surface area (Å²) in [6.07, 6.45) is 1.54. The van der Waals surface area contributed by atoms with E-state index in [9.17, 15) is 24.0 Å². The Morgan fingerprint density at radius 1 is 1.10 bits per heavy atom. The Morgan fingerprint density at radius 2 is 1.82 bits per heavy atom. The molecular weight excluding hydrogens is 562 g/mol. The molecule has 2 fully saturated rings. The number of halogens is 1. The first-order valence-corrected chi connectivity index (χ1v) is 13.5. The van der Waals surface area contributed by atoms with Crippen LogP contribution in [0.4, 0.5) is 10.5 Å². The van der Waals surface area contributed by atoms with Gasteiger partial charge in [0.15, 0.2) is 6.61 Å². The van der Waals surface area contributed by atoms with Crippen LogP contribution in [-0.2, 0) is 23.9 Å².